The number of β-amino-alcohol motifs (C(OH)–C–C–N with tert-alkyl or cyclic N) is 1. The molecule has 0 aliphatic carbocycles. The van der Waals surface area contributed by atoms with Gasteiger partial charge in [-0.05, 0) is 49.1 Å². The SMILES string of the molecule is CC(C)OCCNCc1cccc(OCC(O)CN2CCc3ccccc3C2)c1. The second-order valence-corrected chi connectivity index (χ2v) is 7.96. The third-order valence-electron chi connectivity index (χ3n) is 5.08. The summed E-state index contributed by atoms with van der Waals surface area (Å²) in [6.07, 6.45) is 0.802. The highest BCUT2D eigenvalue weighted by atomic mass is 16.5. The number of aliphatic hydroxyl groups is 1. The van der Waals surface area contributed by atoms with Crippen molar-refractivity contribution >= 4 is 0 Å². The summed E-state index contributed by atoms with van der Waals surface area (Å²) in [6, 6.07) is 16.6. The first-order chi connectivity index (χ1) is 14.1. The zero-order valence-corrected chi connectivity index (χ0v) is 17.6. The Morgan fingerprint density at radius 2 is 1.93 bits per heavy atom. The van der Waals surface area contributed by atoms with Gasteiger partial charge in [-0.15, -0.1) is 0 Å². The number of hydrogen-bond donors (Lipinski definition) is 2. The number of rotatable bonds is 11. The summed E-state index contributed by atoms with van der Waals surface area (Å²) in [7, 11) is 0. The van der Waals surface area contributed by atoms with Gasteiger partial charge in [0.15, 0.2) is 0 Å². The Balaban J connectivity index is 1.38. The molecule has 1 atom stereocenters. The summed E-state index contributed by atoms with van der Waals surface area (Å²) in [6.45, 7) is 9.20. The molecule has 1 aliphatic heterocycles. The van der Waals surface area contributed by atoms with E-state index >= 15 is 0 Å². The van der Waals surface area contributed by atoms with Crippen molar-refractivity contribution < 1.29 is 14.6 Å². The highest BCUT2D eigenvalue weighted by molar-refractivity contribution is 5.29. The Kier molecular flexibility index (Phi) is 8.50. The molecule has 158 valence electrons. The van der Waals surface area contributed by atoms with E-state index in [1.54, 1.807) is 0 Å². The molecule has 1 aliphatic rings. The van der Waals surface area contributed by atoms with Gasteiger partial charge in [-0.25, -0.2) is 0 Å². The maximum absolute atomic E-state index is 10.4. The van der Waals surface area contributed by atoms with Crippen LogP contribution < -0.4 is 10.1 Å². The molecule has 0 radical (unpaired) electrons. The minimum absolute atomic E-state index is 0.264. The third kappa shape index (κ3) is 7.44. The van der Waals surface area contributed by atoms with Crippen molar-refractivity contribution in [3.05, 3.63) is 65.2 Å². The molecule has 5 heteroatoms. The Morgan fingerprint density at radius 1 is 1.10 bits per heavy atom. The Hall–Kier alpha value is -1.92. The van der Waals surface area contributed by atoms with Gasteiger partial charge in [-0.1, -0.05) is 36.4 Å². The van der Waals surface area contributed by atoms with Gasteiger partial charge in [0.2, 0.25) is 0 Å². The topological polar surface area (TPSA) is 54.0 Å². The molecule has 1 heterocycles. The average Bonchev–Trinajstić information content (AvgIpc) is 2.72. The molecule has 0 saturated heterocycles. The lowest BCUT2D eigenvalue weighted by Crippen LogP contribution is -2.38. The molecule has 2 aromatic rings. The fourth-order valence-electron chi connectivity index (χ4n) is 3.60. The smallest absolute Gasteiger partial charge is 0.119 e. The van der Waals surface area contributed by atoms with Gasteiger partial charge in [0.1, 0.15) is 18.5 Å². The molecule has 2 N–H and O–H groups in total. The van der Waals surface area contributed by atoms with Crippen LogP contribution in [0.2, 0.25) is 0 Å². The molecule has 0 aromatic heterocycles. The average molecular weight is 399 g/mol. The van der Waals surface area contributed by atoms with Gasteiger partial charge in [0.05, 0.1) is 12.7 Å². The molecule has 3 rings (SSSR count). The molecular formula is C24H34N2O3. The van der Waals surface area contributed by atoms with E-state index in [1.165, 1.54) is 11.1 Å². The van der Waals surface area contributed by atoms with Gasteiger partial charge in [0.25, 0.3) is 0 Å². The zero-order chi connectivity index (χ0) is 20.5. The highest BCUT2D eigenvalue weighted by Crippen LogP contribution is 2.19. The summed E-state index contributed by atoms with van der Waals surface area (Å²) in [5.41, 5.74) is 3.95. The van der Waals surface area contributed by atoms with Crippen LogP contribution in [-0.4, -0.2) is 55.1 Å². The number of fused-ring (bicyclic) bond motifs is 1. The second-order valence-electron chi connectivity index (χ2n) is 7.96. The van der Waals surface area contributed by atoms with Crippen molar-refractivity contribution in [1.82, 2.24) is 10.2 Å². The van der Waals surface area contributed by atoms with Crippen molar-refractivity contribution in [3.63, 3.8) is 0 Å². The summed E-state index contributed by atoms with van der Waals surface area (Å²) < 4.78 is 11.4. The lowest BCUT2D eigenvalue weighted by Gasteiger charge is -2.30. The molecular weight excluding hydrogens is 364 g/mol. The van der Waals surface area contributed by atoms with E-state index in [0.29, 0.717) is 19.8 Å². The van der Waals surface area contributed by atoms with E-state index in [1.807, 2.05) is 32.0 Å². The normalized spacial score (nSPS) is 15.3. The van der Waals surface area contributed by atoms with Crippen LogP contribution in [0.3, 0.4) is 0 Å². The number of nitrogens with zero attached hydrogens (tertiary/aromatic N) is 1. The van der Waals surface area contributed by atoms with E-state index in [9.17, 15) is 5.11 Å². The first-order valence-corrected chi connectivity index (χ1v) is 10.6. The largest absolute Gasteiger partial charge is 0.491 e. The molecule has 0 saturated carbocycles. The van der Waals surface area contributed by atoms with Crippen molar-refractivity contribution in [3.8, 4) is 5.75 Å². The number of nitrogens with one attached hydrogen (secondary N) is 1. The van der Waals surface area contributed by atoms with E-state index in [-0.39, 0.29) is 6.10 Å². The minimum Gasteiger partial charge on any atom is -0.491 e. The van der Waals surface area contributed by atoms with E-state index in [4.69, 9.17) is 9.47 Å². The zero-order valence-electron chi connectivity index (χ0n) is 17.6. The molecule has 0 amide bonds. The predicted octanol–water partition coefficient (Wildman–Crippen LogP) is 3.00. The first-order valence-electron chi connectivity index (χ1n) is 10.6. The van der Waals surface area contributed by atoms with Crippen LogP contribution in [0.4, 0.5) is 0 Å². The van der Waals surface area contributed by atoms with Crippen molar-refractivity contribution in [2.45, 2.75) is 45.6 Å². The number of hydrogen-bond acceptors (Lipinski definition) is 5. The van der Waals surface area contributed by atoms with Crippen LogP contribution in [0.5, 0.6) is 5.75 Å². The molecule has 0 bridgehead atoms. The van der Waals surface area contributed by atoms with Gasteiger partial charge >= 0.3 is 0 Å². The molecule has 0 spiro atoms. The quantitative estimate of drug-likeness (QED) is 0.570. The van der Waals surface area contributed by atoms with Crippen LogP contribution in [0.25, 0.3) is 0 Å². The maximum Gasteiger partial charge on any atom is 0.119 e. The monoisotopic (exact) mass is 398 g/mol. The minimum atomic E-state index is -0.504. The van der Waals surface area contributed by atoms with Crippen LogP contribution in [0, 0.1) is 0 Å². The maximum atomic E-state index is 10.4. The first kappa shape index (κ1) is 21.8. The lowest BCUT2D eigenvalue weighted by molar-refractivity contribution is 0.0637. The number of aliphatic hydroxyl groups excluding tert-OH is 1. The van der Waals surface area contributed by atoms with Crippen molar-refractivity contribution in [2.24, 2.45) is 0 Å². The summed E-state index contributed by atoms with van der Waals surface area (Å²) in [5.74, 6) is 0.797. The second kappa shape index (κ2) is 11.3. The summed E-state index contributed by atoms with van der Waals surface area (Å²) in [5, 5.41) is 13.8. The molecule has 5 nitrogen and oxygen atoms in total. The summed E-state index contributed by atoms with van der Waals surface area (Å²) in [4.78, 5) is 2.30. The highest BCUT2D eigenvalue weighted by Gasteiger charge is 2.18. The molecule has 2 aromatic carbocycles. The lowest BCUT2D eigenvalue weighted by atomic mass is 10.00. The Labute approximate surface area is 174 Å². The van der Waals surface area contributed by atoms with Crippen LogP contribution >= 0.6 is 0 Å². The van der Waals surface area contributed by atoms with Gasteiger partial charge < -0.3 is 19.9 Å². The van der Waals surface area contributed by atoms with Gasteiger partial charge in [0, 0.05) is 32.7 Å². The van der Waals surface area contributed by atoms with E-state index in [0.717, 1.165) is 43.9 Å². The van der Waals surface area contributed by atoms with E-state index < -0.39 is 6.10 Å². The molecule has 29 heavy (non-hydrogen) atoms. The summed E-state index contributed by atoms with van der Waals surface area (Å²) >= 11 is 0. The predicted molar refractivity (Wildman–Crippen MR) is 116 cm³/mol. The van der Waals surface area contributed by atoms with Gasteiger partial charge in [-0.3, -0.25) is 4.90 Å². The van der Waals surface area contributed by atoms with Crippen LogP contribution in [0.15, 0.2) is 48.5 Å². The Morgan fingerprint density at radius 3 is 2.76 bits per heavy atom. The number of ether oxygens (including phenoxy) is 2. The Bertz CT molecular complexity index is 750. The van der Waals surface area contributed by atoms with Gasteiger partial charge in [-0.2, -0.15) is 0 Å². The molecule has 1 unspecified atom stereocenters. The van der Waals surface area contributed by atoms with Crippen molar-refractivity contribution in [1.29, 1.82) is 0 Å². The van der Waals surface area contributed by atoms with E-state index in [2.05, 4.69) is 40.5 Å². The molecule has 0 fully saturated rings. The fraction of sp³-hybridized carbons (Fsp3) is 0.500. The standard InChI is InChI=1S/C24H34N2O3/c1-19(2)28-13-11-25-15-20-6-5-9-24(14-20)29-18-23(27)17-26-12-10-21-7-3-4-8-22(21)16-26/h3-9,14,19,23,25,27H,10-13,15-18H2,1-2H3. The fourth-order valence-corrected chi connectivity index (χ4v) is 3.60. The van der Waals surface area contributed by atoms with Crippen LogP contribution in [0.1, 0.15) is 30.5 Å². The van der Waals surface area contributed by atoms with Crippen molar-refractivity contribution in [2.75, 3.05) is 32.8 Å². The number of benzene rings is 2. The van der Waals surface area contributed by atoms with Crippen LogP contribution in [-0.2, 0) is 24.2 Å². The third-order valence-corrected chi connectivity index (χ3v) is 5.08.